The summed E-state index contributed by atoms with van der Waals surface area (Å²) in [6.45, 7) is 1.99. The molecule has 0 N–H and O–H groups in total. The number of aryl methyl sites for hydroxylation is 1. The van der Waals surface area contributed by atoms with Crippen molar-refractivity contribution < 1.29 is 0 Å². The molecule has 4 heteroatoms. The van der Waals surface area contributed by atoms with E-state index in [-0.39, 0.29) is 0 Å². The number of thiophene rings is 1. The van der Waals surface area contributed by atoms with E-state index in [1.54, 1.807) is 23.1 Å². The first-order valence-corrected chi connectivity index (χ1v) is 5.54. The molecule has 0 unspecified atom stereocenters. The van der Waals surface area contributed by atoms with E-state index in [4.69, 9.17) is 0 Å². The van der Waals surface area contributed by atoms with Gasteiger partial charge in [-0.2, -0.15) is 0 Å². The highest BCUT2D eigenvalue weighted by Gasteiger charge is 1.99. The SMILES string of the molecule is Cc1cnc(Sc2cccs2)nc1. The Bertz CT molecular complexity index is 367. The molecule has 0 atom stereocenters. The Kier molecular flexibility index (Phi) is 2.61. The molecule has 0 aliphatic rings. The van der Waals surface area contributed by atoms with E-state index in [0.717, 1.165) is 10.7 Å². The molecule has 0 bridgehead atoms. The lowest BCUT2D eigenvalue weighted by atomic mass is 10.4. The molecule has 0 aliphatic carbocycles. The first kappa shape index (κ1) is 8.72. The minimum absolute atomic E-state index is 0.813. The smallest absolute Gasteiger partial charge is 0.193 e. The fraction of sp³-hybridized carbons (Fsp3) is 0.111. The zero-order chi connectivity index (χ0) is 9.10. The van der Waals surface area contributed by atoms with Gasteiger partial charge in [-0.3, -0.25) is 0 Å². The maximum absolute atomic E-state index is 4.21. The first-order valence-electron chi connectivity index (χ1n) is 3.84. The van der Waals surface area contributed by atoms with E-state index in [0.29, 0.717) is 0 Å². The van der Waals surface area contributed by atoms with E-state index in [2.05, 4.69) is 21.4 Å². The summed E-state index contributed by atoms with van der Waals surface area (Å²) < 4.78 is 1.23. The summed E-state index contributed by atoms with van der Waals surface area (Å²) in [5, 5.41) is 2.87. The molecule has 66 valence electrons. The number of nitrogens with zero attached hydrogens (tertiary/aromatic N) is 2. The van der Waals surface area contributed by atoms with Crippen molar-refractivity contribution in [2.75, 3.05) is 0 Å². The van der Waals surface area contributed by atoms with Crippen LogP contribution in [0.25, 0.3) is 0 Å². The highest BCUT2D eigenvalue weighted by molar-refractivity contribution is 8.01. The zero-order valence-electron chi connectivity index (χ0n) is 7.10. The van der Waals surface area contributed by atoms with Gasteiger partial charge in [-0.15, -0.1) is 11.3 Å². The van der Waals surface area contributed by atoms with Crippen LogP contribution >= 0.6 is 23.1 Å². The van der Waals surface area contributed by atoms with Crippen LogP contribution in [0.1, 0.15) is 5.56 Å². The largest absolute Gasteiger partial charge is 0.231 e. The van der Waals surface area contributed by atoms with Crippen LogP contribution in [-0.2, 0) is 0 Å². The lowest BCUT2D eigenvalue weighted by molar-refractivity contribution is 0.951. The second-order valence-electron chi connectivity index (χ2n) is 2.58. The fourth-order valence-electron chi connectivity index (χ4n) is 0.845. The summed E-state index contributed by atoms with van der Waals surface area (Å²) in [6.07, 6.45) is 3.67. The topological polar surface area (TPSA) is 25.8 Å². The summed E-state index contributed by atoms with van der Waals surface area (Å²) in [5.74, 6) is 0. The predicted octanol–water partition coefficient (Wildman–Crippen LogP) is 3.00. The molecule has 2 heterocycles. The van der Waals surface area contributed by atoms with Crippen molar-refractivity contribution in [3.8, 4) is 0 Å². The highest BCUT2D eigenvalue weighted by Crippen LogP contribution is 2.28. The quantitative estimate of drug-likeness (QED) is 0.709. The Morgan fingerprint density at radius 3 is 2.69 bits per heavy atom. The normalized spacial score (nSPS) is 10.2. The Hall–Kier alpha value is -0.870. The van der Waals surface area contributed by atoms with E-state index < -0.39 is 0 Å². The van der Waals surface area contributed by atoms with Crippen molar-refractivity contribution in [1.29, 1.82) is 0 Å². The Labute approximate surface area is 85.1 Å². The average molecular weight is 208 g/mol. The van der Waals surface area contributed by atoms with E-state index in [1.807, 2.05) is 25.4 Å². The van der Waals surface area contributed by atoms with Crippen molar-refractivity contribution in [1.82, 2.24) is 9.97 Å². The summed E-state index contributed by atoms with van der Waals surface area (Å²) in [4.78, 5) is 8.42. The molecule has 0 aromatic carbocycles. The third-order valence-corrected chi connectivity index (χ3v) is 3.38. The Morgan fingerprint density at radius 2 is 2.08 bits per heavy atom. The van der Waals surface area contributed by atoms with E-state index in [9.17, 15) is 0 Å². The second kappa shape index (κ2) is 3.89. The van der Waals surface area contributed by atoms with Gasteiger partial charge >= 0.3 is 0 Å². The van der Waals surface area contributed by atoms with Crippen molar-refractivity contribution in [2.24, 2.45) is 0 Å². The van der Waals surface area contributed by atoms with Gasteiger partial charge in [0.15, 0.2) is 5.16 Å². The van der Waals surface area contributed by atoms with Crippen LogP contribution in [0.2, 0.25) is 0 Å². The monoisotopic (exact) mass is 208 g/mol. The molecule has 0 aliphatic heterocycles. The van der Waals surface area contributed by atoms with Crippen LogP contribution < -0.4 is 0 Å². The van der Waals surface area contributed by atoms with Gasteiger partial charge in [0.2, 0.25) is 0 Å². The van der Waals surface area contributed by atoms with Crippen molar-refractivity contribution in [3.63, 3.8) is 0 Å². The third kappa shape index (κ3) is 2.29. The van der Waals surface area contributed by atoms with Crippen LogP contribution in [0, 0.1) is 6.92 Å². The first-order chi connectivity index (χ1) is 6.34. The highest BCUT2D eigenvalue weighted by atomic mass is 32.2. The van der Waals surface area contributed by atoms with Crippen LogP contribution in [0.15, 0.2) is 39.3 Å². The number of hydrogen-bond acceptors (Lipinski definition) is 4. The summed E-state index contributed by atoms with van der Waals surface area (Å²) >= 11 is 3.30. The van der Waals surface area contributed by atoms with Crippen molar-refractivity contribution in [3.05, 3.63) is 35.5 Å². The number of hydrogen-bond donors (Lipinski definition) is 0. The summed E-state index contributed by atoms with van der Waals surface area (Å²) in [7, 11) is 0. The molecule has 2 nitrogen and oxygen atoms in total. The average Bonchev–Trinajstić information content (AvgIpc) is 2.62. The molecule has 2 aromatic heterocycles. The Balaban J connectivity index is 2.15. The van der Waals surface area contributed by atoms with Gasteiger partial charge in [0, 0.05) is 12.4 Å². The van der Waals surface area contributed by atoms with Crippen LogP contribution in [0.5, 0.6) is 0 Å². The van der Waals surface area contributed by atoms with Gasteiger partial charge in [0.1, 0.15) is 0 Å². The molecule has 13 heavy (non-hydrogen) atoms. The standard InChI is InChI=1S/C9H8N2S2/c1-7-5-10-9(11-6-7)13-8-3-2-4-12-8/h2-6H,1H3. The molecule has 0 fully saturated rings. The molecule has 2 aromatic rings. The molecular weight excluding hydrogens is 200 g/mol. The van der Waals surface area contributed by atoms with E-state index >= 15 is 0 Å². The number of aromatic nitrogens is 2. The maximum atomic E-state index is 4.21. The van der Waals surface area contributed by atoms with Crippen molar-refractivity contribution >= 4 is 23.1 Å². The molecule has 0 spiro atoms. The predicted molar refractivity (Wildman–Crippen MR) is 55.2 cm³/mol. The van der Waals surface area contributed by atoms with Gasteiger partial charge in [-0.25, -0.2) is 9.97 Å². The van der Waals surface area contributed by atoms with Gasteiger partial charge in [0.25, 0.3) is 0 Å². The molecule has 0 amide bonds. The third-order valence-electron chi connectivity index (χ3n) is 1.44. The summed E-state index contributed by atoms with van der Waals surface area (Å²) in [5.41, 5.74) is 1.09. The van der Waals surface area contributed by atoms with E-state index in [1.165, 1.54) is 4.21 Å². The molecule has 0 saturated heterocycles. The maximum Gasteiger partial charge on any atom is 0.193 e. The van der Waals surface area contributed by atoms with Gasteiger partial charge < -0.3 is 0 Å². The Morgan fingerprint density at radius 1 is 1.31 bits per heavy atom. The van der Waals surface area contributed by atoms with Crippen molar-refractivity contribution in [2.45, 2.75) is 16.3 Å². The van der Waals surface area contributed by atoms with Gasteiger partial charge in [0.05, 0.1) is 4.21 Å². The minimum Gasteiger partial charge on any atom is -0.231 e. The van der Waals surface area contributed by atoms with Gasteiger partial charge in [-0.05, 0) is 35.7 Å². The zero-order valence-corrected chi connectivity index (χ0v) is 8.73. The molecule has 0 radical (unpaired) electrons. The lowest BCUT2D eigenvalue weighted by Crippen LogP contribution is -1.84. The molecule has 2 rings (SSSR count). The second-order valence-corrected chi connectivity index (χ2v) is 4.79. The molecule has 0 saturated carbocycles. The van der Waals surface area contributed by atoms with Crippen LogP contribution in [0.4, 0.5) is 0 Å². The number of rotatable bonds is 2. The van der Waals surface area contributed by atoms with Crippen LogP contribution in [-0.4, -0.2) is 9.97 Å². The summed E-state index contributed by atoms with van der Waals surface area (Å²) in [6, 6.07) is 4.10. The lowest BCUT2D eigenvalue weighted by Gasteiger charge is -1.95. The minimum atomic E-state index is 0.813. The fourth-order valence-corrected chi connectivity index (χ4v) is 2.41. The van der Waals surface area contributed by atoms with Crippen LogP contribution in [0.3, 0.4) is 0 Å². The van der Waals surface area contributed by atoms with Gasteiger partial charge in [-0.1, -0.05) is 6.07 Å². The molecular formula is C9H8N2S2.